The Hall–Kier alpha value is -3.88. The van der Waals surface area contributed by atoms with Gasteiger partial charge in [-0.05, 0) is 49.4 Å². The maximum Gasteiger partial charge on any atom is 0.329 e. The van der Waals surface area contributed by atoms with Crippen LogP contribution in [0.4, 0.5) is 5.69 Å². The van der Waals surface area contributed by atoms with Gasteiger partial charge in [-0.3, -0.25) is 14.4 Å². The van der Waals surface area contributed by atoms with Crippen LogP contribution in [-0.4, -0.2) is 35.6 Å². The molecule has 0 heterocycles. The summed E-state index contributed by atoms with van der Waals surface area (Å²) in [6, 6.07) is 10.3. The number of phenols is 1. The number of hydrogen-bond donors (Lipinski definition) is 4. The largest absolute Gasteiger partial charge is 0.504 e. The van der Waals surface area contributed by atoms with Gasteiger partial charge in [0, 0.05) is 16.8 Å². The Balaban J connectivity index is 2.00. The number of carbonyl (C=O) groups excluding carboxylic acids is 3. The fourth-order valence-electron chi connectivity index (χ4n) is 2.06. The molecule has 0 aliphatic carbocycles. The van der Waals surface area contributed by atoms with Gasteiger partial charge in [-0.15, -0.1) is 0 Å². The van der Waals surface area contributed by atoms with Crippen LogP contribution in [0.25, 0.3) is 0 Å². The van der Waals surface area contributed by atoms with E-state index in [9.17, 15) is 19.5 Å². The number of rotatable bonds is 5. The van der Waals surface area contributed by atoms with Crippen molar-refractivity contribution < 1.29 is 24.2 Å². The third-order valence-electron chi connectivity index (χ3n) is 3.56. The first-order chi connectivity index (χ1) is 12.8. The summed E-state index contributed by atoms with van der Waals surface area (Å²) in [5.74, 6) is -2.27. The van der Waals surface area contributed by atoms with Crippen molar-refractivity contribution in [3.8, 4) is 11.5 Å². The molecule has 0 aromatic heterocycles. The zero-order valence-corrected chi connectivity index (χ0v) is 14.6. The Labute approximate surface area is 154 Å². The first-order valence-corrected chi connectivity index (χ1v) is 7.74. The van der Waals surface area contributed by atoms with Crippen molar-refractivity contribution in [3.05, 3.63) is 53.6 Å². The van der Waals surface area contributed by atoms with Crippen LogP contribution >= 0.6 is 0 Å². The molecule has 0 aliphatic rings. The Kier molecular flexibility index (Phi) is 6.10. The van der Waals surface area contributed by atoms with Gasteiger partial charge in [0.1, 0.15) is 0 Å². The van der Waals surface area contributed by atoms with E-state index in [1.807, 2.05) is 0 Å². The van der Waals surface area contributed by atoms with E-state index < -0.39 is 17.7 Å². The fourth-order valence-corrected chi connectivity index (χ4v) is 2.06. The molecule has 140 valence electrons. The average molecular weight is 370 g/mol. The minimum atomic E-state index is -0.973. The fraction of sp³-hybridized carbons (Fsp3) is 0.111. The first-order valence-electron chi connectivity index (χ1n) is 7.74. The molecule has 9 heteroatoms. The number of nitrogens with zero attached hydrogens (tertiary/aromatic N) is 1. The Morgan fingerprint density at radius 2 is 1.67 bits per heavy atom. The Morgan fingerprint density at radius 3 is 2.26 bits per heavy atom. The number of phenolic OH excluding ortho intramolecular Hbond substituents is 1. The summed E-state index contributed by atoms with van der Waals surface area (Å²) in [5, 5.41) is 15.8. The van der Waals surface area contributed by atoms with E-state index in [2.05, 4.69) is 15.8 Å². The van der Waals surface area contributed by atoms with Crippen molar-refractivity contribution in [2.75, 3.05) is 12.4 Å². The van der Waals surface area contributed by atoms with E-state index >= 15 is 0 Å². The average Bonchev–Trinajstić information content (AvgIpc) is 2.66. The monoisotopic (exact) mass is 370 g/mol. The number of primary amides is 1. The van der Waals surface area contributed by atoms with Crippen molar-refractivity contribution in [1.82, 2.24) is 5.43 Å². The molecule has 9 nitrogen and oxygen atoms in total. The van der Waals surface area contributed by atoms with E-state index in [1.165, 1.54) is 37.4 Å². The van der Waals surface area contributed by atoms with Crippen LogP contribution in [-0.2, 0) is 9.59 Å². The topological polar surface area (TPSA) is 143 Å². The van der Waals surface area contributed by atoms with Crippen molar-refractivity contribution in [2.24, 2.45) is 10.8 Å². The minimum Gasteiger partial charge on any atom is -0.504 e. The number of benzene rings is 2. The van der Waals surface area contributed by atoms with Crippen molar-refractivity contribution >= 4 is 29.1 Å². The van der Waals surface area contributed by atoms with E-state index in [4.69, 9.17) is 10.5 Å². The molecule has 0 saturated carbocycles. The molecule has 27 heavy (non-hydrogen) atoms. The van der Waals surface area contributed by atoms with E-state index in [0.717, 1.165) is 0 Å². The minimum absolute atomic E-state index is 0.0279. The highest BCUT2D eigenvalue weighted by Gasteiger charge is 2.14. The molecule has 0 spiro atoms. The van der Waals surface area contributed by atoms with Crippen LogP contribution < -0.4 is 21.2 Å². The van der Waals surface area contributed by atoms with E-state index in [0.29, 0.717) is 17.0 Å². The Morgan fingerprint density at radius 1 is 1.04 bits per heavy atom. The van der Waals surface area contributed by atoms with Crippen LogP contribution in [0.3, 0.4) is 0 Å². The van der Waals surface area contributed by atoms with Gasteiger partial charge in [0.25, 0.3) is 0 Å². The molecular formula is C18H18N4O5. The van der Waals surface area contributed by atoms with Crippen LogP contribution in [0.5, 0.6) is 11.5 Å². The van der Waals surface area contributed by atoms with E-state index in [1.54, 1.807) is 19.1 Å². The molecule has 0 bridgehead atoms. The number of hydrazone groups is 1. The molecule has 0 unspecified atom stereocenters. The molecule has 2 aromatic rings. The maximum absolute atomic E-state index is 11.9. The SMILES string of the molecule is COc1cc(C(C)=NNC(=O)C(=O)Nc2ccc(C(N)=O)cc2)ccc1O. The normalized spacial score (nSPS) is 10.8. The lowest BCUT2D eigenvalue weighted by molar-refractivity contribution is -0.136. The van der Waals surface area contributed by atoms with Gasteiger partial charge in [0.2, 0.25) is 5.91 Å². The number of methoxy groups -OCH3 is 1. The van der Waals surface area contributed by atoms with Crippen molar-refractivity contribution in [2.45, 2.75) is 6.92 Å². The van der Waals surface area contributed by atoms with Crippen molar-refractivity contribution in [1.29, 1.82) is 0 Å². The highest BCUT2D eigenvalue weighted by molar-refractivity contribution is 6.39. The zero-order chi connectivity index (χ0) is 20.0. The summed E-state index contributed by atoms with van der Waals surface area (Å²) >= 11 is 0. The second-order valence-electron chi connectivity index (χ2n) is 5.42. The van der Waals surface area contributed by atoms with Gasteiger partial charge in [-0.2, -0.15) is 5.10 Å². The molecule has 2 aromatic carbocycles. The number of carbonyl (C=O) groups is 3. The molecule has 0 saturated heterocycles. The number of nitrogens with one attached hydrogen (secondary N) is 2. The predicted molar refractivity (Wildman–Crippen MR) is 98.6 cm³/mol. The van der Waals surface area contributed by atoms with Crippen molar-refractivity contribution in [3.63, 3.8) is 0 Å². The molecule has 0 fully saturated rings. The third-order valence-corrected chi connectivity index (χ3v) is 3.56. The van der Waals surface area contributed by atoms with Crippen LogP contribution in [0, 0.1) is 0 Å². The number of anilines is 1. The van der Waals surface area contributed by atoms with Gasteiger partial charge in [0.15, 0.2) is 11.5 Å². The second-order valence-corrected chi connectivity index (χ2v) is 5.42. The lowest BCUT2D eigenvalue weighted by Gasteiger charge is -2.07. The second kappa shape index (κ2) is 8.48. The molecule has 2 rings (SSSR count). The van der Waals surface area contributed by atoms with Crippen LogP contribution in [0.15, 0.2) is 47.6 Å². The van der Waals surface area contributed by atoms with Crippen LogP contribution in [0.2, 0.25) is 0 Å². The number of aromatic hydroxyl groups is 1. The predicted octanol–water partition coefficient (Wildman–Crippen LogP) is 0.979. The quantitative estimate of drug-likeness (QED) is 0.352. The highest BCUT2D eigenvalue weighted by Crippen LogP contribution is 2.26. The number of amides is 3. The smallest absolute Gasteiger partial charge is 0.329 e. The molecule has 0 aliphatic heterocycles. The summed E-state index contributed by atoms with van der Waals surface area (Å²) in [7, 11) is 1.41. The van der Waals surface area contributed by atoms with Gasteiger partial charge >= 0.3 is 11.8 Å². The summed E-state index contributed by atoms with van der Waals surface area (Å²) in [6.45, 7) is 1.62. The zero-order valence-electron chi connectivity index (χ0n) is 14.6. The molecular weight excluding hydrogens is 352 g/mol. The summed E-state index contributed by atoms with van der Waals surface area (Å²) in [5.41, 5.74) is 8.87. The summed E-state index contributed by atoms with van der Waals surface area (Å²) in [6.07, 6.45) is 0. The Bertz CT molecular complexity index is 906. The lowest BCUT2D eigenvalue weighted by Crippen LogP contribution is -2.33. The number of hydrogen-bond acceptors (Lipinski definition) is 6. The standard InChI is InChI=1S/C18H18N4O5/c1-10(12-5-8-14(23)15(9-12)27-2)21-22-18(26)17(25)20-13-6-3-11(4-7-13)16(19)24/h3-9,23H,1-2H3,(H2,19,24)(H,20,25)(H,22,26). The lowest BCUT2D eigenvalue weighted by atomic mass is 10.1. The first kappa shape index (κ1) is 19.4. The molecule has 0 radical (unpaired) electrons. The molecule has 3 amide bonds. The maximum atomic E-state index is 11.9. The van der Waals surface area contributed by atoms with Crippen LogP contribution in [0.1, 0.15) is 22.8 Å². The van der Waals surface area contributed by atoms with Gasteiger partial charge in [0.05, 0.1) is 12.8 Å². The summed E-state index contributed by atoms with van der Waals surface area (Å²) < 4.78 is 5.00. The van der Waals surface area contributed by atoms with E-state index in [-0.39, 0.29) is 17.1 Å². The summed E-state index contributed by atoms with van der Waals surface area (Å²) in [4.78, 5) is 34.8. The molecule has 0 atom stereocenters. The molecule has 5 N–H and O–H groups in total. The third kappa shape index (κ3) is 5.05. The number of nitrogens with two attached hydrogens (primary N) is 1. The van der Waals surface area contributed by atoms with Gasteiger partial charge < -0.3 is 20.9 Å². The van der Waals surface area contributed by atoms with Gasteiger partial charge in [-0.25, -0.2) is 5.43 Å². The van der Waals surface area contributed by atoms with Gasteiger partial charge in [-0.1, -0.05) is 0 Å². The highest BCUT2D eigenvalue weighted by atomic mass is 16.5. The number of ether oxygens (including phenoxy) is 1.